The van der Waals surface area contributed by atoms with Crippen molar-refractivity contribution in [1.29, 1.82) is 0 Å². The van der Waals surface area contributed by atoms with Crippen LogP contribution in [0, 0.1) is 6.92 Å². The number of rotatable bonds is 5. The molecule has 5 nitrogen and oxygen atoms in total. The normalized spacial score (nSPS) is 12.2. The summed E-state index contributed by atoms with van der Waals surface area (Å²) in [5, 5.41) is 13.2. The average Bonchev–Trinajstić information content (AvgIpc) is 2.47. The van der Waals surface area contributed by atoms with Crippen molar-refractivity contribution in [2.75, 3.05) is 6.54 Å². The summed E-state index contributed by atoms with van der Waals surface area (Å²) < 4.78 is 2.85. The number of halogens is 1. The lowest BCUT2D eigenvalue weighted by atomic mass is 10.1. The number of aliphatic carboxylic acids is 1. The van der Waals surface area contributed by atoms with E-state index in [9.17, 15) is 4.79 Å². The van der Waals surface area contributed by atoms with Gasteiger partial charge in [0.15, 0.2) is 0 Å². The number of carbonyl (C=O) groups is 1. The molecular formula is C13H22BrN3O2. The van der Waals surface area contributed by atoms with Crippen molar-refractivity contribution in [1.82, 2.24) is 14.7 Å². The molecule has 0 aliphatic rings. The van der Waals surface area contributed by atoms with Crippen LogP contribution in [0.15, 0.2) is 4.47 Å². The van der Waals surface area contributed by atoms with Gasteiger partial charge in [0.05, 0.1) is 22.3 Å². The maximum Gasteiger partial charge on any atom is 0.304 e. The van der Waals surface area contributed by atoms with Gasteiger partial charge in [0, 0.05) is 25.7 Å². The number of hydrogen-bond acceptors (Lipinski definition) is 3. The highest BCUT2D eigenvalue weighted by Gasteiger charge is 2.24. The van der Waals surface area contributed by atoms with E-state index in [1.165, 1.54) is 0 Å². The fourth-order valence-corrected chi connectivity index (χ4v) is 2.38. The monoisotopic (exact) mass is 331 g/mol. The fourth-order valence-electron chi connectivity index (χ4n) is 1.91. The van der Waals surface area contributed by atoms with Crippen molar-refractivity contribution in [3.05, 3.63) is 15.9 Å². The molecule has 0 aliphatic carbocycles. The van der Waals surface area contributed by atoms with Gasteiger partial charge in [-0.3, -0.25) is 14.4 Å². The number of aryl methyl sites for hydroxylation is 2. The first-order valence-corrected chi connectivity index (χ1v) is 7.07. The maximum absolute atomic E-state index is 10.8. The summed E-state index contributed by atoms with van der Waals surface area (Å²) >= 11 is 3.55. The second-order valence-corrected chi connectivity index (χ2v) is 6.50. The lowest BCUT2D eigenvalue weighted by molar-refractivity contribution is -0.137. The van der Waals surface area contributed by atoms with E-state index in [1.807, 2.05) is 18.7 Å². The van der Waals surface area contributed by atoms with E-state index in [4.69, 9.17) is 5.11 Å². The van der Waals surface area contributed by atoms with Crippen LogP contribution >= 0.6 is 15.9 Å². The Kier molecular flexibility index (Phi) is 5.15. The molecule has 1 N–H and O–H groups in total. The van der Waals surface area contributed by atoms with Crippen molar-refractivity contribution in [3.63, 3.8) is 0 Å². The van der Waals surface area contributed by atoms with E-state index in [2.05, 4.69) is 46.7 Å². The lowest BCUT2D eigenvalue weighted by Gasteiger charge is -2.35. The third kappa shape index (κ3) is 4.31. The summed E-state index contributed by atoms with van der Waals surface area (Å²) in [6.07, 6.45) is 0.145. The summed E-state index contributed by atoms with van der Waals surface area (Å²) in [5.41, 5.74) is 1.93. The highest BCUT2D eigenvalue weighted by Crippen LogP contribution is 2.25. The fraction of sp³-hybridized carbons (Fsp3) is 0.692. The smallest absolute Gasteiger partial charge is 0.304 e. The molecule has 1 heterocycles. The van der Waals surface area contributed by atoms with E-state index in [-0.39, 0.29) is 12.0 Å². The first kappa shape index (κ1) is 16.2. The first-order chi connectivity index (χ1) is 8.62. The molecule has 19 heavy (non-hydrogen) atoms. The Morgan fingerprint density at radius 1 is 1.47 bits per heavy atom. The van der Waals surface area contributed by atoms with Crippen LogP contribution in [0.1, 0.15) is 38.6 Å². The summed E-state index contributed by atoms with van der Waals surface area (Å²) in [5.74, 6) is -0.769. The average molecular weight is 332 g/mol. The summed E-state index contributed by atoms with van der Waals surface area (Å²) in [7, 11) is 1.91. The zero-order valence-electron chi connectivity index (χ0n) is 12.2. The standard InChI is InChI=1S/C13H22BrN3O2/c1-9-12(14)10(16(5)15-9)8-17(13(2,3)4)7-6-11(18)19/h6-8H2,1-5H3,(H,18,19). The van der Waals surface area contributed by atoms with Gasteiger partial charge >= 0.3 is 5.97 Å². The van der Waals surface area contributed by atoms with Crippen molar-refractivity contribution in [3.8, 4) is 0 Å². The topological polar surface area (TPSA) is 58.4 Å². The molecule has 0 saturated carbocycles. The number of nitrogens with zero attached hydrogens (tertiary/aromatic N) is 3. The Labute approximate surface area is 122 Å². The quantitative estimate of drug-likeness (QED) is 0.900. The predicted octanol–water partition coefficient (Wildman–Crippen LogP) is 2.57. The Balaban J connectivity index is 2.91. The minimum Gasteiger partial charge on any atom is -0.481 e. The Morgan fingerprint density at radius 2 is 2.05 bits per heavy atom. The van der Waals surface area contributed by atoms with Crippen LogP contribution in [0.4, 0.5) is 0 Å². The predicted molar refractivity (Wildman–Crippen MR) is 78.1 cm³/mol. The second-order valence-electron chi connectivity index (χ2n) is 5.71. The van der Waals surface area contributed by atoms with Crippen LogP contribution in [-0.2, 0) is 18.4 Å². The lowest BCUT2D eigenvalue weighted by Crippen LogP contribution is -2.42. The zero-order valence-corrected chi connectivity index (χ0v) is 13.8. The van der Waals surface area contributed by atoms with Gasteiger partial charge in [-0.05, 0) is 43.6 Å². The van der Waals surface area contributed by atoms with E-state index < -0.39 is 5.97 Å². The summed E-state index contributed by atoms with van der Waals surface area (Å²) in [4.78, 5) is 12.9. The summed E-state index contributed by atoms with van der Waals surface area (Å²) in [6.45, 7) is 9.42. The molecule has 0 unspecified atom stereocenters. The van der Waals surface area contributed by atoms with Gasteiger partial charge in [0.2, 0.25) is 0 Å². The van der Waals surface area contributed by atoms with Gasteiger partial charge in [-0.2, -0.15) is 5.10 Å². The molecule has 0 saturated heterocycles. The molecular weight excluding hydrogens is 310 g/mol. The van der Waals surface area contributed by atoms with Crippen LogP contribution < -0.4 is 0 Å². The van der Waals surface area contributed by atoms with E-state index in [0.717, 1.165) is 15.9 Å². The van der Waals surface area contributed by atoms with E-state index in [1.54, 1.807) is 0 Å². The molecule has 6 heteroatoms. The van der Waals surface area contributed by atoms with Crippen LogP contribution in [-0.4, -0.2) is 37.8 Å². The molecule has 0 aliphatic heterocycles. The van der Waals surface area contributed by atoms with Gasteiger partial charge in [-0.15, -0.1) is 0 Å². The third-order valence-electron chi connectivity index (χ3n) is 3.15. The number of hydrogen-bond donors (Lipinski definition) is 1. The largest absolute Gasteiger partial charge is 0.481 e. The number of aromatic nitrogens is 2. The molecule has 0 fully saturated rings. The van der Waals surface area contributed by atoms with Crippen molar-refractivity contribution in [2.45, 2.75) is 46.2 Å². The van der Waals surface area contributed by atoms with Crippen LogP contribution in [0.5, 0.6) is 0 Å². The van der Waals surface area contributed by atoms with Gasteiger partial charge in [0.25, 0.3) is 0 Å². The Hall–Kier alpha value is -0.880. The highest BCUT2D eigenvalue weighted by molar-refractivity contribution is 9.10. The summed E-state index contributed by atoms with van der Waals surface area (Å²) in [6, 6.07) is 0. The second kappa shape index (κ2) is 6.05. The molecule has 0 atom stereocenters. The molecule has 1 aromatic rings. The van der Waals surface area contributed by atoms with E-state index >= 15 is 0 Å². The minimum atomic E-state index is -0.769. The first-order valence-electron chi connectivity index (χ1n) is 6.27. The van der Waals surface area contributed by atoms with Crippen molar-refractivity contribution >= 4 is 21.9 Å². The molecule has 1 rings (SSSR count). The Morgan fingerprint density at radius 3 is 2.42 bits per heavy atom. The zero-order chi connectivity index (χ0) is 14.8. The number of carboxylic acid groups (broad SMARTS) is 1. The van der Waals surface area contributed by atoms with Gasteiger partial charge in [-0.25, -0.2) is 0 Å². The van der Waals surface area contributed by atoms with Crippen LogP contribution in [0.2, 0.25) is 0 Å². The maximum atomic E-state index is 10.8. The van der Waals surface area contributed by atoms with Crippen LogP contribution in [0.25, 0.3) is 0 Å². The Bertz CT molecular complexity index is 463. The molecule has 0 amide bonds. The minimum absolute atomic E-state index is 0.0902. The molecule has 0 aromatic carbocycles. The molecule has 1 aromatic heterocycles. The third-order valence-corrected chi connectivity index (χ3v) is 4.18. The number of carboxylic acids is 1. The van der Waals surface area contributed by atoms with Crippen molar-refractivity contribution in [2.24, 2.45) is 7.05 Å². The van der Waals surface area contributed by atoms with Crippen molar-refractivity contribution < 1.29 is 9.90 Å². The molecule has 0 radical (unpaired) electrons. The molecule has 0 spiro atoms. The molecule has 108 valence electrons. The van der Waals surface area contributed by atoms with Gasteiger partial charge in [0.1, 0.15) is 0 Å². The van der Waals surface area contributed by atoms with Crippen LogP contribution in [0.3, 0.4) is 0 Å². The van der Waals surface area contributed by atoms with Gasteiger partial charge in [-0.1, -0.05) is 0 Å². The highest BCUT2D eigenvalue weighted by atomic mass is 79.9. The SMILES string of the molecule is Cc1nn(C)c(CN(CCC(=O)O)C(C)(C)C)c1Br. The van der Waals surface area contributed by atoms with E-state index in [0.29, 0.717) is 13.1 Å². The van der Waals surface area contributed by atoms with Gasteiger partial charge < -0.3 is 5.11 Å². The molecule has 0 bridgehead atoms.